The monoisotopic (exact) mass is 256 g/mol. The van der Waals surface area contributed by atoms with Gasteiger partial charge in [-0.1, -0.05) is 25.7 Å². The van der Waals surface area contributed by atoms with Gasteiger partial charge in [0.2, 0.25) is 5.95 Å². The van der Waals surface area contributed by atoms with Crippen LogP contribution in [-0.4, -0.2) is 16.0 Å². The van der Waals surface area contributed by atoms with Crippen molar-refractivity contribution in [3.8, 4) is 6.07 Å². The number of hydrogen-bond donors (Lipinski definition) is 1. The maximum atomic E-state index is 8.90. The van der Waals surface area contributed by atoms with E-state index in [9.17, 15) is 0 Å². The number of rotatable bonds is 2. The Bertz CT molecular complexity index is 485. The molecule has 3 rings (SSSR count). The fraction of sp³-hybridized carbons (Fsp3) is 0.667. The van der Waals surface area contributed by atoms with Crippen molar-refractivity contribution in [2.24, 2.45) is 5.41 Å². The minimum atomic E-state index is 0.439. The highest BCUT2D eigenvalue weighted by Gasteiger charge is 2.42. The molecular weight excluding hydrogens is 236 g/mol. The predicted molar refractivity (Wildman–Crippen MR) is 73.5 cm³/mol. The molecule has 0 aliphatic heterocycles. The first-order chi connectivity index (χ1) is 9.32. The fourth-order valence-corrected chi connectivity index (χ4v) is 3.86. The summed E-state index contributed by atoms with van der Waals surface area (Å²) in [6, 6.07) is 4.21. The van der Waals surface area contributed by atoms with Gasteiger partial charge in [0.25, 0.3) is 0 Å². The second kappa shape index (κ2) is 5.16. The number of aromatic nitrogens is 2. The van der Waals surface area contributed by atoms with Gasteiger partial charge >= 0.3 is 0 Å². The van der Waals surface area contributed by atoms with Crippen LogP contribution in [0.1, 0.15) is 57.1 Å². The molecule has 0 unspecified atom stereocenters. The van der Waals surface area contributed by atoms with Crippen LogP contribution in [-0.2, 0) is 0 Å². The van der Waals surface area contributed by atoms with E-state index in [1.165, 1.54) is 51.4 Å². The number of nitrogens with one attached hydrogen (secondary N) is 1. The SMILES string of the molecule is N#Cc1ccnc(N[C@H]2CCCCC23CCCC3)n1. The van der Waals surface area contributed by atoms with Gasteiger partial charge in [-0.05, 0) is 37.2 Å². The fourth-order valence-electron chi connectivity index (χ4n) is 3.86. The highest BCUT2D eigenvalue weighted by atomic mass is 15.1. The Labute approximate surface area is 114 Å². The summed E-state index contributed by atoms with van der Waals surface area (Å²) in [6.07, 6.45) is 12.2. The van der Waals surface area contributed by atoms with Crippen LogP contribution in [0.5, 0.6) is 0 Å². The van der Waals surface area contributed by atoms with E-state index < -0.39 is 0 Å². The van der Waals surface area contributed by atoms with Gasteiger partial charge < -0.3 is 5.32 Å². The number of anilines is 1. The summed E-state index contributed by atoms with van der Waals surface area (Å²) in [5.41, 5.74) is 0.901. The Morgan fingerprint density at radius 1 is 1.21 bits per heavy atom. The van der Waals surface area contributed by atoms with Crippen LogP contribution in [0.2, 0.25) is 0 Å². The van der Waals surface area contributed by atoms with Crippen LogP contribution < -0.4 is 5.32 Å². The van der Waals surface area contributed by atoms with Gasteiger partial charge in [-0.3, -0.25) is 0 Å². The van der Waals surface area contributed by atoms with Crippen molar-refractivity contribution >= 4 is 5.95 Å². The third-order valence-corrected chi connectivity index (χ3v) is 4.83. The summed E-state index contributed by atoms with van der Waals surface area (Å²) in [7, 11) is 0. The van der Waals surface area contributed by atoms with Crippen molar-refractivity contribution in [3.05, 3.63) is 18.0 Å². The van der Waals surface area contributed by atoms with Gasteiger partial charge in [0.1, 0.15) is 11.8 Å². The standard InChI is InChI=1S/C15H20N4/c16-11-12-6-10-17-14(18-12)19-13-5-1-2-7-15(13)8-3-4-9-15/h6,10,13H,1-5,7-9H2,(H,17,18,19)/t13-/m0/s1. The molecule has 2 aliphatic rings. The van der Waals surface area contributed by atoms with E-state index in [-0.39, 0.29) is 0 Å². The molecule has 19 heavy (non-hydrogen) atoms. The maximum Gasteiger partial charge on any atom is 0.224 e. The summed E-state index contributed by atoms with van der Waals surface area (Å²) >= 11 is 0. The van der Waals surface area contributed by atoms with Gasteiger partial charge in [0, 0.05) is 12.2 Å². The highest BCUT2D eigenvalue weighted by molar-refractivity contribution is 5.32. The lowest BCUT2D eigenvalue weighted by molar-refractivity contribution is 0.172. The van der Waals surface area contributed by atoms with Crippen molar-refractivity contribution in [1.29, 1.82) is 5.26 Å². The Kier molecular flexibility index (Phi) is 3.37. The number of nitriles is 1. The zero-order valence-electron chi connectivity index (χ0n) is 11.2. The maximum absolute atomic E-state index is 8.90. The van der Waals surface area contributed by atoms with E-state index in [0.717, 1.165) is 0 Å². The summed E-state index contributed by atoms with van der Waals surface area (Å²) in [4.78, 5) is 8.52. The first kappa shape index (κ1) is 12.4. The summed E-state index contributed by atoms with van der Waals surface area (Å²) < 4.78 is 0. The predicted octanol–water partition coefficient (Wildman–Crippen LogP) is 3.26. The molecule has 2 saturated carbocycles. The molecule has 1 aromatic heterocycles. The summed E-state index contributed by atoms with van der Waals surface area (Å²) in [5, 5.41) is 12.4. The Hall–Kier alpha value is -1.63. The van der Waals surface area contributed by atoms with Gasteiger partial charge in [0.15, 0.2) is 0 Å². The average Bonchev–Trinajstić information content (AvgIpc) is 2.91. The van der Waals surface area contributed by atoms with Gasteiger partial charge in [-0.2, -0.15) is 5.26 Å². The zero-order chi connectivity index (χ0) is 13.1. The van der Waals surface area contributed by atoms with Crippen LogP contribution >= 0.6 is 0 Å². The Morgan fingerprint density at radius 3 is 2.68 bits per heavy atom. The first-order valence-corrected chi connectivity index (χ1v) is 7.32. The van der Waals surface area contributed by atoms with Crippen molar-refractivity contribution in [2.45, 2.75) is 57.4 Å². The van der Waals surface area contributed by atoms with Gasteiger partial charge in [-0.25, -0.2) is 9.97 Å². The second-order valence-corrected chi connectivity index (χ2v) is 5.89. The van der Waals surface area contributed by atoms with Crippen LogP contribution in [0.25, 0.3) is 0 Å². The summed E-state index contributed by atoms with van der Waals surface area (Å²) in [5.74, 6) is 0.622. The number of nitrogens with zero attached hydrogens (tertiary/aromatic N) is 3. The zero-order valence-corrected chi connectivity index (χ0v) is 11.2. The molecule has 0 radical (unpaired) electrons. The molecule has 0 aromatic carbocycles. The first-order valence-electron chi connectivity index (χ1n) is 7.32. The lowest BCUT2D eigenvalue weighted by Gasteiger charge is -2.42. The molecule has 1 atom stereocenters. The minimum absolute atomic E-state index is 0.439. The van der Waals surface area contributed by atoms with Gasteiger partial charge in [-0.15, -0.1) is 0 Å². The van der Waals surface area contributed by atoms with E-state index >= 15 is 0 Å². The van der Waals surface area contributed by atoms with E-state index in [4.69, 9.17) is 5.26 Å². The summed E-state index contributed by atoms with van der Waals surface area (Å²) in [6.45, 7) is 0. The van der Waals surface area contributed by atoms with E-state index in [2.05, 4.69) is 21.4 Å². The molecule has 0 bridgehead atoms. The Morgan fingerprint density at radius 2 is 1.95 bits per heavy atom. The van der Waals surface area contributed by atoms with Crippen molar-refractivity contribution < 1.29 is 0 Å². The molecule has 0 amide bonds. The van der Waals surface area contributed by atoms with E-state index in [1.54, 1.807) is 12.3 Å². The van der Waals surface area contributed by atoms with Crippen LogP contribution in [0.4, 0.5) is 5.95 Å². The second-order valence-electron chi connectivity index (χ2n) is 5.89. The lowest BCUT2D eigenvalue weighted by atomic mass is 9.69. The average molecular weight is 256 g/mol. The van der Waals surface area contributed by atoms with Crippen LogP contribution in [0.3, 0.4) is 0 Å². The molecule has 2 fully saturated rings. The third-order valence-electron chi connectivity index (χ3n) is 4.83. The molecule has 1 N–H and O–H groups in total. The van der Waals surface area contributed by atoms with Crippen molar-refractivity contribution in [1.82, 2.24) is 9.97 Å². The van der Waals surface area contributed by atoms with Crippen molar-refractivity contribution in [3.63, 3.8) is 0 Å². The normalized spacial score (nSPS) is 25.1. The highest BCUT2D eigenvalue weighted by Crippen LogP contribution is 2.49. The molecule has 0 saturated heterocycles. The third kappa shape index (κ3) is 2.42. The quantitative estimate of drug-likeness (QED) is 0.882. The van der Waals surface area contributed by atoms with Crippen LogP contribution in [0.15, 0.2) is 12.3 Å². The van der Waals surface area contributed by atoms with Crippen LogP contribution in [0, 0.1) is 16.7 Å². The molecule has 4 heteroatoms. The lowest BCUT2D eigenvalue weighted by Crippen LogP contribution is -2.41. The minimum Gasteiger partial charge on any atom is -0.351 e. The van der Waals surface area contributed by atoms with Gasteiger partial charge in [0.05, 0.1) is 0 Å². The number of hydrogen-bond acceptors (Lipinski definition) is 4. The molecule has 100 valence electrons. The van der Waals surface area contributed by atoms with E-state index in [1.807, 2.05) is 0 Å². The topological polar surface area (TPSA) is 61.6 Å². The molecule has 1 aromatic rings. The van der Waals surface area contributed by atoms with E-state index in [0.29, 0.717) is 23.1 Å². The molecule has 2 aliphatic carbocycles. The molecular formula is C15H20N4. The largest absolute Gasteiger partial charge is 0.351 e. The smallest absolute Gasteiger partial charge is 0.224 e. The molecule has 1 spiro atoms. The molecule has 1 heterocycles. The molecule has 4 nitrogen and oxygen atoms in total. The van der Waals surface area contributed by atoms with Crippen molar-refractivity contribution in [2.75, 3.05) is 5.32 Å². The Balaban J connectivity index is 1.78.